The highest BCUT2D eigenvalue weighted by Crippen LogP contribution is 2.40. The number of benzene rings is 2. The molecule has 3 aromatic rings. The zero-order chi connectivity index (χ0) is 21.3. The average molecular weight is 399 g/mol. The van der Waals surface area contributed by atoms with Crippen LogP contribution in [0.1, 0.15) is 49.7 Å². The van der Waals surface area contributed by atoms with E-state index in [1.165, 1.54) is 19.2 Å². The lowest BCUT2D eigenvalue weighted by Gasteiger charge is -2.20. The Morgan fingerprint density at radius 3 is 2.34 bits per heavy atom. The molecule has 5 nitrogen and oxygen atoms in total. The lowest BCUT2D eigenvalue weighted by molar-refractivity contribution is 0.0964. The van der Waals surface area contributed by atoms with Crippen molar-refractivity contribution in [3.05, 3.63) is 53.3 Å². The Hall–Kier alpha value is -2.86. The molecule has 2 N–H and O–H groups in total. The van der Waals surface area contributed by atoms with Crippen molar-refractivity contribution in [3.63, 3.8) is 0 Å². The van der Waals surface area contributed by atoms with Crippen LogP contribution in [-0.2, 0) is 0 Å². The normalized spacial score (nSPS) is 12.6. The number of halogens is 1. The number of hydrogen-bond acceptors (Lipinski definition) is 4. The molecule has 0 saturated heterocycles. The average Bonchev–Trinajstić information content (AvgIpc) is 3.04. The summed E-state index contributed by atoms with van der Waals surface area (Å²) >= 11 is 0. The number of rotatable bonds is 6. The molecular weight excluding hydrogens is 373 g/mol. The molecule has 2 aromatic carbocycles. The predicted octanol–water partition coefficient (Wildman–Crippen LogP) is 5.08. The molecule has 1 unspecified atom stereocenters. The lowest BCUT2D eigenvalue weighted by Crippen LogP contribution is -2.18. The Kier molecular flexibility index (Phi) is 5.94. The summed E-state index contributed by atoms with van der Waals surface area (Å²) in [5.41, 5.74) is 1.98. The molecule has 0 aliphatic carbocycles. The second-order valence-corrected chi connectivity index (χ2v) is 7.63. The molecule has 0 spiro atoms. The van der Waals surface area contributed by atoms with Crippen molar-refractivity contribution in [3.8, 4) is 17.1 Å². The van der Waals surface area contributed by atoms with Gasteiger partial charge in [0.25, 0.3) is 5.91 Å². The third-order valence-electron chi connectivity index (χ3n) is 4.69. The predicted molar refractivity (Wildman–Crippen MR) is 111 cm³/mol. The number of ether oxygens (including phenoxy) is 1. The minimum Gasteiger partial charge on any atom is -0.491 e. The highest BCUT2D eigenvalue weighted by atomic mass is 19.1. The van der Waals surface area contributed by atoms with Crippen LogP contribution in [0, 0.1) is 11.7 Å². The van der Waals surface area contributed by atoms with Crippen LogP contribution in [0.25, 0.3) is 22.3 Å². The SMILES string of the molecule is CNC(=O)c1c(-c2ccc(F)cc2)oc2cc(C(O)C(C)C)c(OC(C)C)cc12. The van der Waals surface area contributed by atoms with E-state index in [9.17, 15) is 14.3 Å². The molecule has 6 heteroatoms. The zero-order valence-electron chi connectivity index (χ0n) is 17.2. The van der Waals surface area contributed by atoms with Crippen molar-refractivity contribution in [2.75, 3.05) is 7.05 Å². The van der Waals surface area contributed by atoms with E-state index in [0.717, 1.165) is 0 Å². The van der Waals surface area contributed by atoms with Crippen LogP contribution in [0.15, 0.2) is 40.8 Å². The summed E-state index contributed by atoms with van der Waals surface area (Å²) in [5, 5.41) is 13.9. The van der Waals surface area contributed by atoms with Gasteiger partial charge in [-0.15, -0.1) is 0 Å². The van der Waals surface area contributed by atoms with Crippen molar-refractivity contribution in [1.29, 1.82) is 0 Å². The first-order valence-electron chi connectivity index (χ1n) is 9.66. The number of hydrogen-bond donors (Lipinski definition) is 2. The van der Waals surface area contributed by atoms with Crippen LogP contribution in [0.4, 0.5) is 4.39 Å². The fraction of sp³-hybridized carbons (Fsp3) is 0.348. The van der Waals surface area contributed by atoms with Gasteiger partial charge in [-0.1, -0.05) is 13.8 Å². The topological polar surface area (TPSA) is 71.7 Å². The second kappa shape index (κ2) is 8.25. The van der Waals surface area contributed by atoms with E-state index in [-0.39, 0.29) is 23.7 Å². The summed E-state index contributed by atoms with van der Waals surface area (Å²) in [6.07, 6.45) is -0.867. The van der Waals surface area contributed by atoms with Crippen LogP contribution < -0.4 is 10.1 Å². The number of furan rings is 1. The molecule has 0 aliphatic heterocycles. The van der Waals surface area contributed by atoms with E-state index in [1.54, 1.807) is 24.3 Å². The second-order valence-electron chi connectivity index (χ2n) is 7.63. The lowest BCUT2D eigenvalue weighted by atomic mass is 9.96. The van der Waals surface area contributed by atoms with Gasteiger partial charge in [0.05, 0.1) is 17.8 Å². The quantitative estimate of drug-likeness (QED) is 0.607. The van der Waals surface area contributed by atoms with Gasteiger partial charge in [-0.25, -0.2) is 4.39 Å². The number of nitrogens with one attached hydrogen (secondary N) is 1. The Morgan fingerprint density at radius 2 is 1.79 bits per heavy atom. The minimum absolute atomic E-state index is 0.0353. The fourth-order valence-electron chi connectivity index (χ4n) is 3.24. The summed E-state index contributed by atoms with van der Waals surface area (Å²) in [4.78, 5) is 12.7. The van der Waals surface area contributed by atoms with Crippen LogP contribution in [0.3, 0.4) is 0 Å². The van der Waals surface area contributed by atoms with Gasteiger partial charge in [-0.2, -0.15) is 0 Å². The number of aliphatic hydroxyl groups excluding tert-OH is 1. The number of fused-ring (bicyclic) bond motifs is 1. The first-order valence-corrected chi connectivity index (χ1v) is 9.66. The highest BCUT2D eigenvalue weighted by molar-refractivity contribution is 6.11. The van der Waals surface area contributed by atoms with Crippen LogP contribution in [0.2, 0.25) is 0 Å². The molecule has 3 rings (SSSR count). The first kappa shape index (κ1) is 20.9. The molecule has 0 saturated carbocycles. The molecule has 0 aliphatic rings. The molecule has 1 aromatic heterocycles. The molecule has 1 amide bonds. The largest absolute Gasteiger partial charge is 0.491 e. The summed E-state index contributed by atoms with van der Waals surface area (Å²) < 4.78 is 25.3. The van der Waals surface area contributed by atoms with Gasteiger partial charge in [-0.3, -0.25) is 4.79 Å². The molecule has 29 heavy (non-hydrogen) atoms. The Labute approximate surface area is 169 Å². The van der Waals surface area contributed by atoms with Crippen molar-refractivity contribution in [1.82, 2.24) is 5.32 Å². The van der Waals surface area contributed by atoms with Crippen molar-refractivity contribution in [2.45, 2.75) is 39.9 Å². The number of carbonyl (C=O) groups is 1. The maximum absolute atomic E-state index is 13.4. The van der Waals surface area contributed by atoms with Crippen LogP contribution in [0.5, 0.6) is 5.75 Å². The Bertz CT molecular complexity index is 1020. The van der Waals surface area contributed by atoms with E-state index in [2.05, 4.69) is 5.32 Å². The van der Waals surface area contributed by atoms with Gasteiger partial charge >= 0.3 is 0 Å². The van der Waals surface area contributed by atoms with Gasteiger partial charge in [0.2, 0.25) is 0 Å². The van der Waals surface area contributed by atoms with E-state index in [4.69, 9.17) is 9.15 Å². The molecule has 1 atom stereocenters. The van der Waals surface area contributed by atoms with Gasteiger partial charge in [0.1, 0.15) is 22.9 Å². The number of carbonyl (C=O) groups excluding carboxylic acids is 1. The van der Waals surface area contributed by atoms with E-state index >= 15 is 0 Å². The zero-order valence-corrected chi connectivity index (χ0v) is 17.2. The van der Waals surface area contributed by atoms with Crippen LogP contribution >= 0.6 is 0 Å². The van der Waals surface area contributed by atoms with Gasteiger partial charge in [0.15, 0.2) is 0 Å². The molecule has 1 heterocycles. The molecule has 154 valence electrons. The minimum atomic E-state index is -0.754. The Balaban J connectivity index is 2.30. The third-order valence-corrected chi connectivity index (χ3v) is 4.69. The van der Waals surface area contributed by atoms with E-state index < -0.39 is 6.10 Å². The van der Waals surface area contributed by atoms with Crippen molar-refractivity contribution >= 4 is 16.9 Å². The molecule has 0 fully saturated rings. The maximum atomic E-state index is 13.4. The molecular formula is C23H26FNO4. The monoisotopic (exact) mass is 399 g/mol. The standard InChI is InChI=1S/C23H26FNO4/c1-12(2)21(26)17-11-18-16(10-19(17)28-13(3)4)20(23(27)25-5)22(29-18)14-6-8-15(24)9-7-14/h6-13,21,26H,1-5H3,(H,25,27). The summed E-state index contributed by atoms with van der Waals surface area (Å²) in [5.74, 6) is 0.111. The fourth-order valence-corrected chi connectivity index (χ4v) is 3.24. The molecule has 0 radical (unpaired) electrons. The summed E-state index contributed by atoms with van der Waals surface area (Å²) in [6, 6.07) is 9.22. The molecule has 0 bridgehead atoms. The van der Waals surface area contributed by atoms with E-state index in [0.29, 0.717) is 39.2 Å². The third kappa shape index (κ3) is 4.12. The smallest absolute Gasteiger partial charge is 0.255 e. The summed E-state index contributed by atoms with van der Waals surface area (Å²) in [6.45, 7) is 7.62. The maximum Gasteiger partial charge on any atom is 0.255 e. The Morgan fingerprint density at radius 1 is 1.14 bits per heavy atom. The van der Waals surface area contributed by atoms with Gasteiger partial charge in [-0.05, 0) is 56.2 Å². The van der Waals surface area contributed by atoms with Crippen molar-refractivity contribution in [2.24, 2.45) is 5.92 Å². The van der Waals surface area contributed by atoms with E-state index in [1.807, 2.05) is 27.7 Å². The summed E-state index contributed by atoms with van der Waals surface area (Å²) in [7, 11) is 1.54. The van der Waals surface area contributed by atoms with Crippen LogP contribution in [-0.4, -0.2) is 24.2 Å². The van der Waals surface area contributed by atoms with Gasteiger partial charge < -0.3 is 19.6 Å². The van der Waals surface area contributed by atoms with Crippen molar-refractivity contribution < 1.29 is 23.4 Å². The number of amides is 1. The van der Waals surface area contributed by atoms with Gasteiger partial charge in [0, 0.05) is 23.6 Å². The highest BCUT2D eigenvalue weighted by Gasteiger charge is 2.26. The first-order chi connectivity index (χ1) is 13.7. The number of aliphatic hydroxyl groups is 1.